The molecule has 34 heavy (non-hydrogen) atoms. The number of amides is 1. The summed E-state index contributed by atoms with van der Waals surface area (Å²) in [5, 5.41) is 10.3. The highest BCUT2D eigenvalue weighted by Gasteiger charge is 2.38. The highest BCUT2D eigenvalue weighted by Crippen LogP contribution is 2.32. The van der Waals surface area contributed by atoms with Crippen LogP contribution in [-0.4, -0.2) is 47.9 Å². The Balaban J connectivity index is 0.000000344. The summed E-state index contributed by atoms with van der Waals surface area (Å²) in [6, 6.07) is 13.7. The first-order chi connectivity index (χ1) is 16.2. The van der Waals surface area contributed by atoms with Crippen LogP contribution < -0.4 is 5.32 Å². The number of hydrogen-bond acceptors (Lipinski definition) is 6. The second-order valence-corrected chi connectivity index (χ2v) is 8.47. The van der Waals surface area contributed by atoms with Gasteiger partial charge in [-0.05, 0) is 49.6 Å². The van der Waals surface area contributed by atoms with Gasteiger partial charge in [0.15, 0.2) is 0 Å². The van der Waals surface area contributed by atoms with Crippen LogP contribution in [0.25, 0.3) is 22.1 Å². The molecule has 1 aliphatic rings. The quantitative estimate of drug-likeness (QED) is 0.383. The van der Waals surface area contributed by atoms with Gasteiger partial charge in [0.05, 0.1) is 22.8 Å². The van der Waals surface area contributed by atoms with E-state index in [0.29, 0.717) is 11.5 Å². The van der Waals surface area contributed by atoms with Crippen molar-refractivity contribution in [1.29, 1.82) is 0 Å². The van der Waals surface area contributed by atoms with Crippen molar-refractivity contribution < 1.29 is 27.9 Å². The molecule has 0 saturated heterocycles. The number of carbonyl (C=O) groups is 2. The van der Waals surface area contributed by atoms with E-state index >= 15 is 0 Å². The Bertz CT molecular complexity index is 1290. The van der Waals surface area contributed by atoms with Crippen LogP contribution in [-0.2, 0) is 4.79 Å². The maximum Gasteiger partial charge on any atom is 0.490 e. The second kappa shape index (κ2) is 9.75. The topological polar surface area (TPSA) is 121 Å². The van der Waals surface area contributed by atoms with Gasteiger partial charge in [-0.1, -0.05) is 18.6 Å². The predicted octanol–water partition coefficient (Wildman–Crippen LogP) is 4.66. The molecule has 1 aliphatic carbocycles. The Morgan fingerprint density at radius 3 is 2.53 bits per heavy atom. The van der Waals surface area contributed by atoms with Crippen LogP contribution in [0, 0.1) is 0 Å². The molecule has 0 spiro atoms. The Hall–Kier alpha value is -3.54. The molecule has 0 aliphatic heterocycles. The Kier molecular flexibility index (Phi) is 6.77. The molecule has 2 aromatic heterocycles. The summed E-state index contributed by atoms with van der Waals surface area (Å²) < 4.78 is 40.1. The van der Waals surface area contributed by atoms with Crippen molar-refractivity contribution in [1.82, 2.24) is 24.0 Å². The first-order valence-corrected chi connectivity index (χ1v) is 11.2. The van der Waals surface area contributed by atoms with Gasteiger partial charge >= 0.3 is 12.1 Å². The Morgan fingerprint density at radius 1 is 1.06 bits per heavy atom. The zero-order valence-corrected chi connectivity index (χ0v) is 18.5. The van der Waals surface area contributed by atoms with E-state index in [1.807, 2.05) is 36.4 Å². The number of alkyl halides is 3. The molecule has 2 heterocycles. The monoisotopic (exact) mass is 491 g/mol. The number of carboxylic acids is 1. The lowest BCUT2D eigenvalue weighted by atomic mass is 9.85. The van der Waals surface area contributed by atoms with Gasteiger partial charge in [-0.25, -0.2) is 9.78 Å². The second-order valence-electron chi connectivity index (χ2n) is 7.94. The van der Waals surface area contributed by atoms with Gasteiger partial charge in [0.25, 0.3) is 5.91 Å². The third-order valence-corrected chi connectivity index (χ3v) is 6.12. The summed E-state index contributed by atoms with van der Waals surface area (Å²) in [5.41, 5.74) is 4.32. The lowest BCUT2D eigenvalue weighted by Crippen LogP contribution is -2.38. The van der Waals surface area contributed by atoms with Crippen LogP contribution in [0.4, 0.5) is 13.2 Å². The van der Waals surface area contributed by atoms with Crippen LogP contribution in [0.2, 0.25) is 0 Å². The average molecular weight is 491 g/mol. The number of aromatic nitrogens is 4. The third kappa shape index (κ3) is 5.50. The minimum atomic E-state index is -5.08. The van der Waals surface area contributed by atoms with Gasteiger partial charge in [-0.2, -0.15) is 21.9 Å². The van der Waals surface area contributed by atoms with Crippen molar-refractivity contribution in [3.05, 3.63) is 53.9 Å². The lowest BCUT2D eigenvalue weighted by molar-refractivity contribution is -0.192. The molecular weight excluding hydrogens is 471 g/mol. The number of aromatic amines is 1. The van der Waals surface area contributed by atoms with E-state index in [2.05, 4.69) is 25.1 Å². The zero-order chi connectivity index (χ0) is 24.3. The molecule has 0 unspecified atom stereocenters. The van der Waals surface area contributed by atoms with E-state index in [1.54, 1.807) is 0 Å². The Labute approximate surface area is 195 Å². The number of benzene rings is 2. The fraction of sp³-hybridized carbons (Fsp3) is 0.318. The summed E-state index contributed by atoms with van der Waals surface area (Å²) in [4.78, 5) is 29.8. The number of imidazole rings is 1. The molecule has 3 N–H and O–H groups in total. The van der Waals surface area contributed by atoms with Crippen LogP contribution in [0.5, 0.6) is 0 Å². The summed E-state index contributed by atoms with van der Waals surface area (Å²) in [5.74, 6) is -1.42. The fourth-order valence-corrected chi connectivity index (χ4v) is 4.44. The number of hydrogen-bond donors (Lipinski definition) is 3. The Morgan fingerprint density at radius 2 is 1.79 bits per heavy atom. The first-order valence-electron chi connectivity index (χ1n) is 10.5. The zero-order valence-electron chi connectivity index (χ0n) is 17.7. The fourth-order valence-electron chi connectivity index (χ4n) is 3.93. The van der Waals surface area contributed by atoms with Crippen LogP contribution >= 0.6 is 11.7 Å². The van der Waals surface area contributed by atoms with Gasteiger partial charge in [-0.15, -0.1) is 0 Å². The van der Waals surface area contributed by atoms with Crippen molar-refractivity contribution in [2.24, 2.45) is 0 Å². The van der Waals surface area contributed by atoms with Crippen molar-refractivity contribution >= 4 is 45.7 Å². The normalized spacial score (nSPS) is 18.3. The van der Waals surface area contributed by atoms with Gasteiger partial charge in [0.1, 0.15) is 16.9 Å². The van der Waals surface area contributed by atoms with Crippen molar-refractivity contribution in [2.45, 2.75) is 43.8 Å². The number of para-hydroxylation sites is 2. The lowest BCUT2D eigenvalue weighted by Gasteiger charge is -2.28. The standard InChI is InChI=1S/C20H19N5OS.C2HF3O2/c26-20(13-8-9-17-18(11-13)25-27-24-17)21-14-5-3-4-12(10-14)19-22-15-6-1-2-7-16(15)23-19;3-2(4,5)1(6)7/h1-2,6-9,11-12,14H,3-5,10H2,(H,21,26)(H,22,23);(H,6,7)/t12-,14+;/m0./s1. The highest BCUT2D eigenvalue weighted by molar-refractivity contribution is 7.00. The minimum absolute atomic E-state index is 0.0415. The predicted molar refractivity (Wildman–Crippen MR) is 120 cm³/mol. The molecule has 1 saturated carbocycles. The van der Waals surface area contributed by atoms with Crippen LogP contribution in [0.15, 0.2) is 42.5 Å². The number of halogens is 3. The van der Waals surface area contributed by atoms with Crippen molar-refractivity contribution in [3.8, 4) is 0 Å². The van der Waals surface area contributed by atoms with Gasteiger partial charge in [-0.3, -0.25) is 4.79 Å². The molecule has 2 atom stereocenters. The molecule has 5 rings (SSSR count). The van der Waals surface area contributed by atoms with Crippen molar-refractivity contribution in [2.75, 3.05) is 0 Å². The number of rotatable bonds is 3. The number of nitrogens with one attached hydrogen (secondary N) is 2. The number of fused-ring (bicyclic) bond motifs is 2. The molecule has 0 bridgehead atoms. The molecule has 4 aromatic rings. The van der Waals surface area contributed by atoms with Crippen molar-refractivity contribution in [3.63, 3.8) is 0 Å². The third-order valence-electron chi connectivity index (χ3n) is 5.56. The first kappa shape index (κ1) is 23.6. The summed E-state index contributed by atoms with van der Waals surface area (Å²) >= 11 is 1.17. The molecule has 2 aromatic carbocycles. The number of nitrogens with zero attached hydrogens (tertiary/aromatic N) is 3. The average Bonchev–Trinajstić information content (AvgIpc) is 3.45. The van der Waals surface area contributed by atoms with E-state index in [9.17, 15) is 18.0 Å². The molecule has 178 valence electrons. The molecule has 0 radical (unpaired) electrons. The largest absolute Gasteiger partial charge is 0.490 e. The molecule has 12 heteroatoms. The maximum atomic E-state index is 12.7. The van der Waals surface area contributed by atoms with Gasteiger partial charge in [0.2, 0.25) is 0 Å². The molecule has 1 amide bonds. The van der Waals surface area contributed by atoms with Gasteiger partial charge < -0.3 is 15.4 Å². The highest BCUT2D eigenvalue weighted by atomic mass is 32.1. The number of aliphatic carboxylic acids is 1. The summed E-state index contributed by atoms with van der Waals surface area (Å²) in [6.45, 7) is 0. The van der Waals surface area contributed by atoms with E-state index in [1.165, 1.54) is 11.7 Å². The number of carboxylic acid groups (broad SMARTS) is 1. The van der Waals surface area contributed by atoms with E-state index in [-0.39, 0.29) is 11.9 Å². The summed E-state index contributed by atoms with van der Waals surface area (Å²) in [6.07, 6.45) is -0.987. The SMILES string of the molecule is O=C(N[C@@H]1CCC[C@H](c2nc3ccccc3[nH]2)C1)c1ccc2nsnc2c1.O=C(O)C(F)(F)F. The van der Waals surface area contributed by atoms with E-state index < -0.39 is 12.1 Å². The number of H-pyrrole nitrogens is 1. The molecule has 1 fully saturated rings. The minimum Gasteiger partial charge on any atom is -0.475 e. The summed E-state index contributed by atoms with van der Waals surface area (Å²) in [7, 11) is 0. The van der Waals surface area contributed by atoms with Crippen LogP contribution in [0.1, 0.15) is 47.8 Å². The van der Waals surface area contributed by atoms with E-state index in [0.717, 1.165) is 53.6 Å². The number of carbonyl (C=O) groups excluding carboxylic acids is 1. The smallest absolute Gasteiger partial charge is 0.475 e. The van der Waals surface area contributed by atoms with Crippen LogP contribution in [0.3, 0.4) is 0 Å². The van der Waals surface area contributed by atoms with E-state index in [4.69, 9.17) is 14.9 Å². The molecule has 8 nitrogen and oxygen atoms in total. The maximum absolute atomic E-state index is 12.7. The van der Waals surface area contributed by atoms with Gasteiger partial charge in [0, 0.05) is 17.5 Å². The molecular formula is C22H20F3N5O3S.